The van der Waals surface area contributed by atoms with Gasteiger partial charge in [-0.1, -0.05) is 12.8 Å². The fraction of sp³-hybridized carbons (Fsp3) is 0.550. The number of rotatable bonds is 6. The van der Waals surface area contributed by atoms with E-state index in [1.54, 1.807) is 12.1 Å². The van der Waals surface area contributed by atoms with Crippen molar-refractivity contribution in [3.8, 4) is 5.75 Å². The van der Waals surface area contributed by atoms with E-state index >= 15 is 0 Å². The van der Waals surface area contributed by atoms with Gasteiger partial charge in [-0.25, -0.2) is 8.42 Å². The summed E-state index contributed by atoms with van der Waals surface area (Å²) in [6, 6.07) is 6.03. The second-order valence-corrected chi connectivity index (χ2v) is 11.4. The Bertz CT molecular complexity index is 1100. The Morgan fingerprint density at radius 3 is 2.00 bits per heavy atom. The molecule has 166 valence electrons. The van der Waals surface area contributed by atoms with E-state index in [1.165, 1.54) is 30.3 Å². The van der Waals surface area contributed by atoms with Crippen molar-refractivity contribution in [2.75, 3.05) is 13.1 Å². The number of ether oxygens (including phenoxy) is 1. The molecule has 30 heavy (non-hydrogen) atoms. The highest BCUT2D eigenvalue weighted by Crippen LogP contribution is 2.28. The largest absolute Gasteiger partial charge is 0.491 e. The average Bonchev–Trinajstić information content (AvgIpc) is 2.85. The van der Waals surface area contributed by atoms with Crippen LogP contribution in [0.5, 0.6) is 5.75 Å². The topological polar surface area (TPSA) is 98.6 Å². The Kier molecular flexibility index (Phi) is 6.59. The van der Waals surface area contributed by atoms with Crippen LogP contribution in [-0.2, 0) is 20.0 Å². The maximum atomic E-state index is 13.3. The molecule has 0 N–H and O–H groups in total. The predicted molar refractivity (Wildman–Crippen MR) is 114 cm³/mol. The highest BCUT2D eigenvalue weighted by atomic mass is 32.2. The minimum atomic E-state index is -4.05. The third-order valence-corrected chi connectivity index (χ3v) is 8.90. The third kappa shape index (κ3) is 4.40. The molecule has 10 heteroatoms. The molecule has 3 rings (SSSR count). The molecule has 1 aliphatic heterocycles. The lowest BCUT2D eigenvalue weighted by Gasteiger charge is -2.20. The minimum Gasteiger partial charge on any atom is -0.491 e. The Labute approximate surface area is 178 Å². The van der Waals surface area contributed by atoms with Crippen LogP contribution in [0.15, 0.2) is 34.1 Å². The molecule has 2 aromatic rings. The van der Waals surface area contributed by atoms with Crippen molar-refractivity contribution in [3.63, 3.8) is 0 Å². The molecule has 1 fully saturated rings. The number of nitrogens with zero attached hydrogens (tertiary/aromatic N) is 3. The van der Waals surface area contributed by atoms with Crippen LogP contribution in [-0.4, -0.2) is 49.5 Å². The van der Waals surface area contributed by atoms with Gasteiger partial charge in [-0.15, -0.1) is 0 Å². The summed E-state index contributed by atoms with van der Waals surface area (Å²) in [6.07, 6.45) is 3.56. The van der Waals surface area contributed by atoms with Crippen LogP contribution in [0, 0.1) is 13.8 Å². The van der Waals surface area contributed by atoms with Gasteiger partial charge in [0.25, 0.3) is 10.0 Å². The number of sulfonamides is 1. The van der Waals surface area contributed by atoms with Crippen LogP contribution in [0.25, 0.3) is 0 Å². The van der Waals surface area contributed by atoms with E-state index in [0.717, 1.165) is 29.8 Å². The van der Waals surface area contributed by atoms with E-state index in [2.05, 4.69) is 5.10 Å². The molecule has 1 aliphatic rings. The van der Waals surface area contributed by atoms with E-state index in [1.807, 2.05) is 13.8 Å². The average molecular weight is 456 g/mol. The van der Waals surface area contributed by atoms with Gasteiger partial charge in [0.1, 0.15) is 10.6 Å². The SMILES string of the molecule is Cc1nn(S(=O)(=O)c2ccc(OC(C)C)cc2)c(C)c1S(=O)(=O)N1CCCCCC1. The first-order valence-electron chi connectivity index (χ1n) is 10.1. The lowest BCUT2D eigenvalue weighted by molar-refractivity contribution is 0.242. The van der Waals surface area contributed by atoms with E-state index in [-0.39, 0.29) is 27.3 Å². The summed E-state index contributed by atoms with van der Waals surface area (Å²) in [5.41, 5.74) is 0.277. The van der Waals surface area contributed by atoms with Crippen molar-refractivity contribution in [2.24, 2.45) is 0 Å². The van der Waals surface area contributed by atoms with Crippen LogP contribution in [0.1, 0.15) is 50.9 Å². The fourth-order valence-electron chi connectivity index (χ4n) is 3.69. The molecule has 0 amide bonds. The highest BCUT2D eigenvalue weighted by Gasteiger charge is 2.34. The number of hydrogen-bond acceptors (Lipinski definition) is 6. The second-order valence-electron chi connectivity index (χ2n) is 7.80. The fourth-order valence-corrected chi connectivity index (χ4v) is 6.98. The predicted octanol–water partition coefficient (Wildman–Crippen LogP) is 3.09. The maximum Gasteiger partial charge on any atom is 0.283 e. The van der Waals surface area contributed by atoms with Crippen LogP contribution in [0.3, 0.4) is 0 Å². The molecular weight excluding hydrogens is 426 g/mol. The van der Waals surface area contributed by atoms with Crippen molar-refractivity contribution < 1.29 is 21.6 Å². The summed E-state index contributed by atoms with van der Waals surface area (Å²) < 4.78 is 60.7. The zero-order chi connectivity index (χ0) is 22.1. The van der Waals surface area contributed by atoms with Crippen molar-refractivity contribution in [1.29, 1.82) is 0 Å². The molecule has 0 radical (unpaired) electrons. The molecule has 0 bridgehead atoms. The molecule has 0 aliphatic carbocycles. The monoisotopic (exact) mass is 455 g/mol. The summed E-state index contributed by atoms with van der Waals surface area (Å²) in [4.78, 5) is -0.00402. The van der Waals surface area contributed by atoms with E-state index in [4.69, 9.17) is 4.74 Å². The standard InChI is InChI=1S/C20H29N3O5S2/c1-15(2)28-18-9-11-19(12-10-18)29(24,25)23-17(4)20(16(3)21-23)30(26,27)22-13-7-5-6-8-14-22/h9-12,15H,5-8,13-14H2,1-4H3. The Morgan fingerprint density at radius 1 is 0.900 bits per heavy atom. The van der Waals surface area contributed by atoms with E-state index in [9.17, 15) is 16.8 Å². The van der Waals surface area contributed by atoms with Crippen molar-refractivity contribution in [2.45, 2.75) is 69.3 Å². The summed E-state index contributed by atoms with van der Waals surface area (Å²) >= 11 is 0. The number of aryl methyl sites for hydroxylation is 1. The molecule has 1 aromatic carbocycles. The normalized spacial score (nSPS) is 16.6. The Hall–Kier alpha value is -1.91. The van der Waals surface area contributed by atoms with Crippen molar-refractivity contribution in [3.05, 3.63) is 35.7 Å². The van der Waals surface area contributed by atoms with Gasteiger partial charge < -0.3 is 4.74 Å². The van der Waals surface area contributed by atoms with Gasteiger partial charge in [0.2, 0.25) is 10.0 Å². The highest BCUT2D eigenvalue weighted by molar-refractivity contribution is 7.90. The van der Waals surface area contributed by atoms with Gasteiger partial charge >= 0.3 is 0 Å². The van der Waals surface area contributed by atoms with Gasteiger partial charge in [0.05, 0.1) is 22.4 Å². The summed E-state index contributed by atoms with van der Waals surface area (Å²) in [6.45, 7) is 7.66. The van der Waals surface area contributed by atoms with Gasteiger partial charge in [-0.3, -0.25) is 0 Å². The molecular formula is C20H29N3O5S2. The van der Waals surface area contributed by atoms with Crippen LogP contribution >= 0.6 is 0 Å². The molecule has 0 unspecified atom stereocenters. The number of hydrogen-bond donors (Lipinski definition) is 0. The summed E-state index contributed by atoms with van der Waals surface area (Å²) in [5.74, 6) is 0.557. The van der Waals surface area contributed by atoms with Crippen LogP contribution < -0.4 is 4.74 Å². The first-order chi connectivity index (χ1) is 14.0. The molecule has 0 saturated carbocycles. The van der Waals surface area contributed by atoms with Gasteiger partial charge in [-0.05, 0) is 64.8 Å². The van der Waals surface area contributed by atoms with Gasteiger partial charge in [0, 0.05) is 13.1 Å². The molecule has 1 aromatic heterocycles. The van der Waals surface area contributed by atoms with E-state index in [0.29, 0.717) is 18.8 Å². The maximum absolute atomic E-state index is 13.3. The van der Waals surface area contributed by atoms with Crippen LogP contribution in [0.2, 0.25) is 0 Å². The minimum absolute atomic E-state index is 0.0166. The lowest BCUT2D eigenvalue weighted by atomic mass is 10.2. The zero-order valence-electron chi connectivity index (χ0n) is 17.8. The zero-order valence-corrected chi connectivity index (χ0v) is 19.5. The molecule has 2 heterocycles. The third-order valence-electron chi connectivity index (χ3n) is 5.07. The molecule has 1 saturated heterocycles. The van der Waals surface area contributed by atoms with E-state index < -0.39 is 20.0 Å². The lowest BCUT2D eigenvalue weighted by Crippen LogP contribution is -2.32. The Morgan fingerprint density at radius 2 is 1.47 bits per heavy atom. The van der Waals surface area contributed by atoms with Gasteiger partial charge in [0.15, 0.2) is 0 Å². The number of aromatic nitrogens is 2. The summed E-state index contributed by atoms with van der Waals surface area (Å²) in [7, 11) is -7.87. The smallest absolute Gasteiger partial charge is 0.283 e. The summed E-state index contributed by atoms with van der Waals surface area (Å²) in [5, 5.41) is 4.11. The Balaban J connectivity index is 2.00. The molecule has 8 nitrogen and oxygen atoms in total. The first kappa shape index (κ1) is 22.8. The van der Waals surface area contributed by atoms with Gasteiger partial charge in [-0.2, -0.15) is 21.9 Å². The quantitative estimate of drug-likeness (QED) is 0.664. The first-order valence-corrected chi connectivity index (χ1v) is 13.0. The van der Waals surface area contributed by atoms with Crippen LogP contribution in [0.4, 0.5) is 0 Å². The van der Waals surface area contributed by atoms with Crippen molar-refractivity contribution in [1.82, 2.24) is 13.5 Å². The second kappa shape index (κ2) is 8.68. The molecule has 0 atom stereocenters. The molecule has 0 spiro atoms. The number of benzene rings is 1. The van der Waals surface area contributed by atoms with Crippen molar-refractivity contribution >= 4 is 20.0 Å².